The van der Waals surface area contributed by atoms with E-state index in [0.717, 1.165) is 14.7 Å². The topological polar surface area (TPSA) is 74.5 Å². The smallest absolute Gasteiger partial charge is 0.271 e. The third-order valence-corrected chi connectivity index (χ3v) is 5.06. The van der Waals surface area contributed by atoms with E-state index >= 15 is 0 Å². The number of hydrogen-bond acceptors (Lipinski definition) is 4. The predicted molar refractivity (Wildman–Crippen MR) is 121 cm³/mol. The highest BCUT2D eigenvalue weighted by Gasteiger charge is 2.06. The standard InChI is InChI=1S/C22H15ClIN3O2/c23-19-8-6-16(7-9-19)22(28)27-26-13-15-5-10-21(20(24)11-15)29-14-18-4-2-1-3-17(18)12-25/h1-11,13H,14H2,(H,27,28)/b26-13-. The zero-order valence-corrected chi connectivity index (χ0v) is 18.0. The van der Waals surface area contributed by atoms with Crippen molar-refractivity contribution < 1.29 is 9.53 Å². The summed E-state index contributed by atoms with van der Waals surface area (Å²) >= 11 is 7.99. The quantitative estimate of drug-likeness (QED) is 0.280. The van der Waals surface area contributed by atoms with E-state index in [9.17, 15) is 4.79 Å². The number of benzene rings is 3. The minimum atomic E-state index is -0.316. The first kappa shape index (κ1) is 20.8. The number of nitrogens with zero attached hydrogens (tertiary/aromatic N) is 2. The Morgan fingerprint density at radius 1 is 1.17 bits per heavy atom. The maximum Gasteiger partial charge on any atom is 0.271 e. The number of carbonyl (C=O) groups is 1. The van der Waals surface area contributed by atoms with Crippen LogP contribution in [-0.4, -0.2) is 12.1 Å². The van der Waals surface area contributed by atoms with Crippen LogP contribution in [0.3, 0.4) is 0 Å². The minimum absolute atomic E-state index is 0.310. The van der Waals surface area contributed by atoms with Gasteiger partial charge >= 0.3 is 0 Å². The predicted octanol–water partition coefficient (Wildman–Crippen LogP) is 5.16. The Morgan fingerprint density at radius 3 is 2.66 bits per heavy atom. The largest absolute Gasteiger partial charge is 0.488 e. The summed E-state index contributed by atoms with van der Waals surface area (Å²) in [6.45, 7) is 0.310. The molecule has 7 heteroatoms. The molecule has 144 valence electrons. The molecular weight excluding hydrogens is 501 g/mol. The summed E-state index contributed by atoms with van der Waals surface area (Å²) in [7, 11) is 0. The molecule has 29 heavy (non-hydrogen) atoms. The van der Waals surface area contributed by atoms with E-state index in [4.69, 9.17) is 21.6 Å². The summed E-state index contributed by atoms with van der Waals surface area (Å²) in [5, 5.41) is 13.7. The fourth-order valence-electron chi connectivity index (χ4n) is 2.46. The molecule has 3 aromatic carbocycles. The van der Waals surface area contributed by atoms with Crippen LogP contribution in [0.1, 0.15) is 27.0 Å². The highest BCUT2D eigenvalue weighted by atomic mass is 127. The molecule has 0 heterocycles. The van der Waals surface area contributed by atoms with Crippen LogP contribution < -0.4 is 10.2 Å². The minimum Gasteiger partial charge on any atom is -0.488 e. The van der Waals surface area contributed by atoms with Crippen molar-refractivity contribution in [2.75, 3.05) is 0 Å². The van der Waals surface area contributed by atoms with Gasteiger partial charge in [0, 0.05) is 16.1 Å². The van der Waals surface area contributed by atoms with E-state index in [0.29, 0.717) is 28.5 Å². The van der Waals surface area contributed by atoms with E-state index in [2.05, 4.69) is 39.2 Å². The van der Waals surface area contributed by atoms with Crippen molar-refractivity contribution in [2.45, 2.75) is 6.61 Å². The van der Waals surface area contributed by atoms with Crippen molar-refractivity contribution in [1.29, 1.82) is 5.26 Å². The highest BCUT2D eigenvalue weighted by molar-refractivity contribution is 14.1. The lowest BCUT2D eigenvalue weighted by Crippen LogP contribution is -2.17. The summed E-state index contributed by atoms with van der Waals surface area (Å²) < 4.78 is 6.74. The Hall–Kier alpha value is -2.89. The second-order valence-corrected chi connectivity index (χ2v) is 7.55. The maximum atomic E-state index is 12.0. The fraction of sp³-hybridized carbons (Fsp3) is 0.0455. The molecule has 0 saturated carbocycles. The first-order valence-electron chi connectivity index (χ1n) is 8.56. The van der Waals surface area contributed by atoms with E-state index in [1.165, 1.54) is 0 Å². The van der Waals surface area contributed by atoms with Crippen molar-refractivity contribution in [3.63, 3.8) is 0 Å². The normalized spacial score (nSPS) is 10.5. The third-order valence-electron chi connectivity index (χ3n) is 3.96. The van der Waals surface area contributed by atoms with Gasteiger partial charge in [-0.05, 0) is 76.7 Å². The molecule has 0 aliphatic heterocycles. The summed E-state index contributed by atoms with van der Waals surface area (Å²) in [5.74, 6) is 0.393. The summed E-state index contributed by atoms with van der Waals surface area (Å²) in [6, 6.07) is 21.6. The van der Waals surface area contributed by atoms with Gasteiger partial charge in [-0.3, -0.25) is 4.79 Å². The summed E-state index contributed by atoms with van der Waals surface area (Å²) in [5.41, 5.74) is 5.21. The second kappa shape index (κ2) is 10.0. The lowest BCUT2D eigenvalue weighted by molar-refractivity contribution is 0.0955. The lowest BCUT2D eigenvalue weighted by Gasteiger charge is -2.10. The van der Waals surface area contributed by atoms with Crippen molar-refractivity contribution >= 4 is 46.3 Å². The van der Waals surface area contributed by atoms with Gasteiger partial charge in [0.15, 0.2) is 0 Å². The molecule has 0 unspecified atom stereocenters. The molecule has 0 radical (unpaired) electrons. The lowest BCUT2D eigenvalue weighted by atomic mass is 10.1. The zero-order valence-electron chi connectivity index (χ0n) is 15.1. The van der Waals surface area contributed by atoms with Crippen LogP contribution >= 0.6 is 34.2 Å². The molecule has 1 amide bonds. The number of halogens is 2. The molecular formula is C22H15ClIN3O2. The Balaban J connectivity index is 1.60. The van der Waals surface area contributed by atoms with Gasteiger partial charge in [0.25, 0.3) is 5.91 Å². The molecule has 0 fully saturated rings. The molecule has 3 aromatic rings. The van der Waals surface area contributed by atoms with Crippen molar-refractivity contribution in [1.82, 2.24) is 5.43 Å². The van der Waals surface area contributed by atoms with Crippen LogP contribution in [-0.2, 0) is 6.61 Å². The molecule has 0 spiro atoms. The Bertz CT molecular complexity index is 1090. The van der Waals surface area contributed by atoms with Gasteiger partial charge in [-0.15, -0.1) is 0 Å². The maximum absolute atomic E-state index is 12.0. The molecule has 0 aliphatic rings. The zero-order chi connectivity index (χ0) is 20.6. The van der Waals surface area contributed by atoms with Crippen molar-refractivity contribution in [3.05, 3.63) is 97.6 Å². The van der Waals surface area contributed by atoms with Crippen LogP contribution in [0.2, 0.25) is 5.02 Å². The van der Waals surface area contributed by atoms with Crippen LogP contribution in [0, 0.1) is 14.9 Å². The monoisotopic (exact) mass is 515 g/mol. The fourth-order valence-corrected chi connectivity index (χ4v) is 3.28. The number of hydrazone groups is 1. The first-order valence-corrected chi connectivity index (χ1v) is 10.0. The Kier molecular flexibility index (Phi) is 7.22. The van der Waals surface area contributed by atoms with Gasteiger partial charge in [-0.1, -0.05) is 29.8 Å². The van der Waals surface area contributed by atoms with Crippen molar-refractivity contribution in [2.24, 2.45) is 5.10 Å². The number of hydrogen-bond donors (Lipinski definition) is 1. The van der Waals surface area contributed by atoms with Gasteiger partial charge in [-0.25, -0.2) is 5.43 Å². The van der Waals surface area contributed by atoms with Crippen LogP contribution in [0.5, 0.6) is 5.75 Å². The first-order chi connectivity index (χ1) is 14.1. The number of carbonyl (C=O) groups excluding carboxylic acids is 1. The van der Waals surface area contributed by atoms with Gasteiger partial charge < -0.3 is 4.74 Å². The van der Waals surface area contributed by atoms with E-state index in [1.54, 1.807) is 36.5 Å². The molecule has 0 bridgehead atoms. The molecule has 3 rings (SSSR count). The second-order valence-electron chi connectivity index (χ2n) is 5.95. The van der Waals surface area contributed by atoms with Gasteiger partial charge in [0.1, 0.15) is 12.4 Å². The summed E-state index contributed by atoms with van der Waals surface area (Å²) in [6.07, 6.45) is 1.56. The third kappa shape index (κ3) is 5.79. The van der Waals surface area contributed by atoms with E-state index in [1.807, 2.05) is 36.4 Å². The number of nitriles is 1. The van der Waals surface area contributed by atoms with E-state index in [-0.39, 0.29) is 5.91 Å². The molecule has 0 aliphatic carbocycles. The van der Waals surface area contributed by atoms with Crippen LogP contribution in [0.15, 0.2) is 71.8 Å². The number of rotatable bonds is 6. The average Bonchev–Trinajstić information content (AvgIpc) is 2.73. The van der Waals surface area contributed by atoms with Gasteiger partial charge in [0.2, 0.25) is 0 Å². The number of amides is 1. The molecule has 5 nitrogen and oxygen atoms in total. The molecule has 0 atom stereocenters. The number of nitrogens with one attached hydrogen (secondary N) is 1. The van der Waals surface area contributed by atoms with Crippen LogP contribution in [0.25, 0.3) is 0 Å². The van der Waals surface area contributed by atoms with E-state index < -0.39 is 0 Å². The number of ether oxygens (including phenoxy) is 1. The highest BCUT2D eigenvalue weighted by Crippen LogP contribution is 2.23. The van der Waals surface area contributed by atoms with Crippen LogP contribution in [0.4, 0.5) is 0 Å². The Morgan fingerprint density at radius 2 is 1.93 bits per heavy atom. The molecule has 0 aromatic heterocycles. The Labute approximate surface area is 187 Å². The van der Waals surface area contributed by atoms with Gasteiger partial charge in [-0.2, -0.15) is 10.4 Å². The van der Waals surface area contributed by atoms with Gasteiger partial charge in [0.05, 0.1) is 21.4 Å². The SMILES string of the molecule is N#Cc1ccccc1COc1ccc(/C=N\NC(=O)c2ccc(Cl)cc2)cc1I. The molecule has 0 saturated heterocycles. The molecule has 1 N–H and O–H groups in total. The average molecular weight is 516 g/mol. The summed E-state index contributed by atoms with van der Waals surface area (Å²) in [4.78, 5) is 12.0. The van der Waals surface area contributed by atoms with Crippen molar-refractivity contribution in [3.8, 4) is 11.8 Å².